The number of hydrogen-bond donors (Lipinski definition) is 5. The van der Waals surface area contributed by atoms with Gasteiger partial charge in [-0.05, 0) is 18.9 Å². The van der Waals surface area contributed by atoms with E-state index in [1.54, 1.807) is 12.1 Å². The second-order valence-electron chi connectivity index (χ2n) is 6.46. The Morgan fingerprint density at radius 3 is 2.67 bits per heavy atom. The van der Waals surface area contributed by atoms with E-state index in [-0.39, 0.29) is 0 Å². The molecular weight excluding hydrogens is 362 g/mol. The van der Waals surface area contributed by atoms with Gasteiger partial charge in [-0.1, -0.05) is 0 Å². The minimum atomic E-state index is -1.77. The first kappa shape index (κ1) is 21.1. The van der Waals surface area contributed by atoms with Gasteiger partial charge in [-0.15, -0.1) is 4.91 Å². The van der Waals surface area contributed by atoms with E-state index in [4.69, 9.17) is 9.84 Å². The van der Waals surface area contributed by atoms with Crippen LogP contribution in [0, 0.1) is 4.91 Å². The van der Waals surface area contributed by atoms with E-state index in [0.29, 0.717) is 24.9 Å². The predicted molar refractivity (Wildman–Crippen MR) is 88.8 cm³/mol. The zero-order chi connectivity index (χ0) is 20.1. The molecule has 1 fully saturated rings. The van der Waals surface area contributed by atoms with Gasteiger partial charge < -0.3 is 30.3 Å². The van der Waals surface area contributed by atoms with Crippen molar-refractivity contribution in [1.82, 2.24) is 5.01 Å². The summed E-state index contributed by atoms with van der Waals surface area (Å²) in [5.74, 6) is -1.47. The van der Waals surface area contributed by atoms with Crippen molar-refractivity contribution < 1.29 is 39.6 Å². The third kappa shape index (κ3) is 4.96. The number of carbonyl (C=O) groups is 1. The van der Waals surface area contributed by atoms with Crippen LogP contribution in [0.1, 0.15) is 30.7 Å². The highest BCUT2D eigenvalue weighted by molar-refractivity contribution is 5.73. The number of hydrogen-bond acceptors (Lipinski definition) is 8. The number of ether oxygens (including phenoxy) is 1. The molecule has 5 N–H and O–H groups in total. The van der Waals surface area contributed by atoms with E-state index in [2.05, 4.69) is 5.29 Å². The first-order chi connectivity index (χ1) is 12.8. The summed E-state index contributed by atoms with van der Waals surface area (Å²) in [6.07, 6.45) is -5.10. The van der Waals surface area contributed by atoms with Crippen molar-refractivity contribution in [2.75, 3.05) is 13.6 Å². The van der Waals surface area contributed by atoms with Crippen molar-refractivity contribution in [1.29, 1.82) is 0 Å². The number of aliphatic carboxylic acids is 1. The van der Waals surface area contributed by atoms with Crippen LogP contribution in [0.3, 0.4) is 0 Å². The fourth-order valence-electron chi connectivity index (χ4n) is 2.90. The summed E-state index contributed by atoms with van der Waals surface area (Å²) in [4.78, 5) is 21.5. The topological polar surface area (TPSA) is 164 Å². The van der Waals surface area contributed by atoms with E-state index >= 15 is 0 Å². The lowest BCUT2D eigenvalue weighted by atomic mass is 9.97. The number of aliphatic hydroxyl groups is 4. The molecule has 0 spiro atoms. The van der Waals surface area contributed by atoms with Gasteiger partial charge in [0.15, 0.2) is 24.6 Å². The Morgan fingerprint density at radius 1 is 1.33 bits per heavy atom. The lowest BCUT2D eigenvalue weighted by molar-refractivity contribution is -0.777. The Morgan fingerprint density at radius 2 is 2.04 bits per heavy atom. The van der Waals surface area contributed by atoms with Crippen molar-refractivity contribution in [2.24, 2.45) is 5.29 Å². The normalized spacial score (nSPS) is 29.1. The summed E-state index contributed by atoms with van der Waals surface area (Å²) < 4.78 is 6.59. The fraction of sp³-hybridized carbons (Fsp3) is 0.625. The molecule has 0 radical (unpaired) electrons. The minimum Gasteiger partial charge on any atom is -0.479 e. The van der Waals surface area contributed by atoms with Gasteiger partial charge in [0, 0.05) is 25.2 Å². The smallest absolute Gasteiger partial charge is 0.335 e. The zero-order valence-corrected chi connectivity index (χ0v) is 14.7. The summed E-state index contributed by atoms with van der Waals surface area (Å²) >= 11 is 0. The lowest BCUT2D eigenvalue weighted by Crippen LogP contribution is -2.63. The molecule has 0 aliphatic carbocycles. The third-order valence-electron chi connectivity index (χ3n) is 4.45. The molecule has 11 heteroatoms. The quantitative estimate of drug-likeness (QED) is 0.202. The summed E-state index contributed by atoms with van der Waals surface area (Å²) in [5, 5.41) is 53.2. The molecular formula is C16H24N3O8+. The first-order valence-corrected chi connectivity index (χ1v) is 8.42. The SMILES string of the molecule is CN(CCC[C@@H](O)c1ccc[n+]([C@@H]2O[C@H](C(=O)O)[C@@H](O)[C@H](O)[C@@H]2O)c1)N=O. The van der Waals surface area contributed by atoms with Gasteiger partial charge in [0.1, 0.15) is 12.2 Å². The van der Waals surface area contributed by atoms with Gasteiger partial charge in [-0.3, -0.25) is 5.01 Å². The van der Waals surface area contributed by atoms with Crippen molar-refractivity contribution in [2.45, 2.75) is 49.6 Å². The van der Waals surface area contributed by atoms with Crippen molar-refractivity contribution in [3.8, 4) is 0 Å². The maximum Gasteiger partial charge on any atom is 0.335 e. The van der Waals surface area contributed by atoms with Crippen LogP contribution in [-0.4, -0.2) is 74.5 Å². The summed E-state index contributed by atoms with van der Waals surface area (Å²) in [6, 6.07) is 3.21. The summed E-state index contributed by atoms with van der Waals surface area (Å²) in [6.45, 7) is 0.377. The van der Waals surface area contributed by atoms with Crippen molar-refractivity contribution >= 4 is 5.97 Å². The molecule has 27 heavy (non-hydrogen) atoms. The Hall–Kier alpha value is -2.18. The van der Waals surface area contributed by atoms with Crippen molar-refractivity contribution in [3.05, 3.63) is 35.0 Å². The standard InChI is InChI=1S/C16H23N3O8/c1-18(17-26)6-3-5-10(20)9-4-2-7-19(8-9)15-13(23)11(21)12(22)14(27-15)16(24)25/h2,4,7-8,10-15,20-23H,3,5-6H2,1H3/p+1/t10-,11+,12+,13+,14+,15-/m1/s1. The maximum atomic E-state index is 11.2. The van der Waals surface area contributed by atoms with E-state index in [1.165, 1.54) is 29.0 Å². The van der Waals surface area contributed by atoms with Gasteiger partial charge in [-0.2, -0.15) is 4.57 Å². The molecule has 11 nitrogen and oxygen atoms in total. The Labute approximate surface area is 155 Å². The molecule has 0 saturated carbocycles. The number of nitrogens with zero attached hydrogens (tertiary/aromatic N) is 3. The summed E-state index contributed by atoms with van der Waals surface area (Å²) in [5.41, 5.74) is 0.475. The van der Waals surface area contributed by atoms with Crippen LogP contribution < -0.4 is 4.57 Å². The van der Waals surface area contributed by atoms with Gasteiger partial charge >= 0.3 is 5.97 Å². The predicted octanol–water partition coefficient (Wildman–Crippen LogP) is -1.53. The molecule has 1 aliphatic rings. The second kappa shape index (κ2) is 9.15. The largest absolute Gasteiger partial charge is 0.479 e. The highest BCUT2D eigenvalue weighted by atomic mass is 16.6. The zero-order valence-electron chi connectivity index (χ0n) is 14.7. The van der Waals surface area contributed by atoms with Gasteiger partial charge in [0.05, 0.1) is 11.4 Å². The van der Waals surface area contributed by atoms with Crippen molar-refractivity contribution in [3.63, 3.8) is 0 Å². The fourth-order valence-corrected chi connectivity index (χ4v) is 2.90. The molecule has 0 amide bonds. The molecule has 1 aromatic heterocycles. The van der Waals surface area contributed by atoms with Crippen LogP contribution in [0.2, 0.25) is 0 Å². The van der Waals surface area contributed by atoms with Crippen LogP contribution >= 0.6 is 0 Å². The van der Waals surface area contributed by atoms with Crippen LogP contribution in [-0.2, 0) is 9.53 Å². The van der Waals surface area contributed by atoms with E-state index in [9.17, 15) is 30.1 Å². The van der Waals surface area contributed by atoms with E-state index < -0.39 is 42.7 Å². The average Bonchev–Trinajstić information content (AvgIpc) is 2.65. The minimum absolute atomic E-state index is 0.344. The average molecular weight is 386 g/mol. The molecule has 0 aromatic carbocycles. The highest BCUT2D eigenvalue weighted by Crippen LogP contribution is 2.26. The number of carboxylic acid groups (broad SMARTS) is 1. The lowest BCUT2D eigenvalue weighted by Gasteiger charge is -2.35. The maximum absolute atomic E-state index is 11.2. The summed E-state index contributed by atoms with van der Waals surface area (Å²) in [7, 11) is 1.52. The Kier molecular flexibility index (Phi) is 7.16. The first-order valence-electron chi connectivity index (χ1n) is 8.42. The molecule has 1 aliphatic heterocycles. The number of pyridine rings is 1. The molecule has 0 unspecified atom stereocenters. The van der Waals surface area contributed by atoms with Gasteiger partial charge in [-0.25, -0.2) is 4.79 Å². The second-order valence-corrected chi connectivity index (χ2v) is 6.46. The van der Waals surface area contributed by atoms with Gasteiger partial charge in [0.25, 0.3) is 6.23 Å². The molecule has 2 rings (SSSR count). The molecule has 150 valence electrons. The molecule has 1 aromatic rings. The van der Waals surface area contributed by atoms with E-state index in [0.717, 1.165) is 0 Å². The number of aromatic nitrogens is 1. The van der Waals surface area contributed by atoms with Crippen LogP contribution in [0.25, 0.3) is 0 Å². The number of nitroso groups, excluding NO2 is 1. The molecule has 6 atom stereocenters. The molecule has 1 saturated heterocycles. The monoisotopic (exact) mass is 386 g/mol. The van der Waals surface area contributed by atoms with Crippen LogP contribution in [0.4, 0.5) is 0 Å². The van der Waals surface area contributed by atoms with Crippen LogP contribution in [0.5, 0.6) is 0 Å². The van der Waals surface area contributed by atoms with Gasteiger partial charge in [0.2, 0.25) is 0 Å². The molecule has 2 heterocycles. The highest BCUT2D eigenvalue weighted by Gasteiger charge is 2.51. The van der Waals surface area contributed by atoms with Crippen LogP contribution in [0.15, 0.2) is 29.8 Å². The Balaban J connectivity index is 2.13. The number of aliphatic hydroxyl groups excluding tert-OH is 4. The number of carboxylic acids is 1. The van der Waals surface area contributed by atoms with E-state index in [1.807, 2.05) is 0 Å². The number of rotatable bonds is 8. The Bertz CT molecular complexity index is 660. The molecule has 0 bridgehead atoms. The third-order valence-corrected chi connectivity index (χ3v) is 4.45.